The quantitative estimate of drug-likeness (QED) is 0.858. The predicted molar refractivity (Wildman–Crippen MR) is 77.1 cm³/mol. The Balaban J connectivity index is 2.17. The van der Waals surface area contributed by atoms with Crippen LogP contribution in [0.4, 0.5) is 0 Å². The maximum Gasteiger partial charge on any atom is 0.240 e. The van der Waals surface area contributed by atoms with Crippen molar-refractivity contribution in [3.05, 3.63) is 65.7 Å². The van der Waals surface area contributed by atoms with Gasteiger partial charge in [-0.2, -0.15) is 0 Å². The van der Waals surface area contributed by atoms with Gasteiger partial charge in [0.15, 0.2) is 5.78 Å². The van der Waals surface area contributed by atoms with E-state index in [0.29, 0.717) is 5.56 Å². The molecule has 0 radical (unpaired) electrons. The van der Waals surface area contributed by atoms with Gasteiger partial charge >= 0.3 is 0 Å². The number of carbonyl (C=O) groups is 1. The summed E-state index contributed by atoms with van der Waals surface area (Å²) in [6, 6.07) is 14.4. The molecular weight excluding hydrogens is 274 g/mol. The lowest BCUT2D eigenvalue weighted by Gasteiger charge is -2.06. The van der Waals surface area contributed by atoms with E-state index in [1.165, 1.54) is 12.1 Å². The van der Waals surface area contributed by atoms with Gasteiger partial charge in [-0.15, -0.1) is 0 Å². The topological polar surface area (TPSA) is 63.2 Å². The molecular formula is C15H15NO3S. The summed E-state index contributed by atoms with van der Waals surface area (Å²) in [4.78, 5) is 12.0. The lowest BCUT2D eigenvalue weighted by molar-refractivity contribution is 0.0997. The Hall–Kier alpha value is -1.98. The molecule has 2 rings (SSSR count). The first kappa shape index (κ1) is 13.0. The molecule has 1 unspecified atom stereocenters. The Bertz CT molecular complexity index is 727. The highest BCUT2D eigenvalue weighted by Gasteiger charge is 2.15. The highest BCUT2D eigenvalue weighted by molar-refractivity contribution is 7.89. The molecule has 0 aromatic heterocycles. The van der Waals surface area contributed by atoms with Gasteiger partial charge in [0.05, 0.1) is 12.8 Å². The van der Waals surface area contributed by atoms with Crippen LogP contribution in [0.2, 0.25) is 0 Å². The number of hydrogen-bond donors (Lipinski definition) is 1. The maximum absolute atomic E-state index is 12.1. The first-order chi connectivity index (χ1) is 9.90. The molecule has 0 spiro atoms. The largest absolute Gasteiger partial charge is 0.293 e. The van der Waals surface area contributed by atoms with Gasteiger partial charge < -0.3 is 0 Å². The fourth-order valence-corrected chi connectivity index (χ4v) is 2.49. The van der Waals surface area contributed by atoms with Crippen molar-refractivity contribution in [2.75, 3.05) is 6.52 Å². The average Bonchev–Trinajstić information content (AvgIpc) is 2.47. The zero-order chi connectivity index (χ0) is 15.5. The van der Waals surface area contributed by atoms with Gasteiger partial charge in [-0.1, -0.05) is 48.0 Å². The van der Waals surface area contributed by atoms with E-state index in [9.17, 15) is 13.2 Å². The summed E-state index contributed by atoms with van der Waals surface area (Å²) < 4.78 is 34.0. The molecule has 0 amide bonds. The Morgan fingerprint density at radius 3 is 2.30 bits per heavy atom. The molecule has 0 aliphatic heterocycles. The molecule has 0 bridgehead atoms. The van der Waals surface area contributed by atoms with Gasteiger partial charge in [-0.3, -0.25) is 4.79 Å². The monoisotopic (exact) mass is 290 g/mol. The molecule has 2 aromatic carbocycles. The normalized spacial score (nSPS) is 13.6. The number of aryl methyl sites for hydroxylation is 1. The molecule has 0 fully saturated rings. The van der Waals surface area contributed by atoms with Crippen LogP contribution in [0.1, 0.15) is 17.3 Å². The summed E-state index contributed by atoms with van der Waals surface area (Å²) in [6.45, 7) is 0.273. The van der Waals surface area contributed by atoms with Gasteiger partial charge in [0.25, 0.3) is 0 Å². The van der Waals surface area contributed by atoms with Crippen LogP contribution in [-0.2, 0) is 10.0 Å². The minimum absolute atomic E-state index is 0.0335. The fourth-order valence-electron chi connectivity index (χ4n) is 1.60. The van der Waals surface area contributed by atoms with Crippen LogP contribution in [0.25, 0.3) is 0 Å². The van der Waals surface area contributed by atoms with Crippen LogP contribution in [0, 0.1) is 6.92 Å². The number of nitrogens with one attached hydrogen (secondary N) is 1. The molecule has 5 heteroatoms. The SMILES string of the molecule is [2H]C(NS(=O)(=O)c1ccc(C)cc1)C(=O)c1ccccc1. The molecule has 104 valence electrons. The van der Waals surface area contributed by atoms with E-state index < -0.39 is 22.3 Å². The number of benzene rings is 2. The van der Waals surface area contributed by atoms with E-state index in [4.69, 9.17) is 1.37 Å². The van der Waals surface area contributed by atoms with Gasteiger partial charge in [0, 0.05) is 5.56 Å². The second kappa shape index (κ2) is 5.98. The molecule has 0 heterocycles. The molecule has 0 saturated heterocycles. The molecule has 0 saturated carbocycles. The average molecular weight is 290 g/mol. The minimum Gasteiger partial charge on any atom is -0.293 e. The number of hydrogen-bond acceptors (Lipinski definition) is 3. The Labute approximate surface area is 119 Å². The van der Waals surface area contributed by atoms with Gasteiger partial charge in [0.1, 0.15) is 0 Å². The molecule has 2 aromatic rings. The summed E-state index contributed by atoms with van der Waals surface area (Å²) in [5, 5.41) is 0. The molecule has 4 nitrogen and oxygen atoms in total. The number of carbonyl (C=O) groups excluding carboxylic acids is 1. The van der Waals surface area contributed by atoms with E-state index in [2.05, 4.69) is 4.72 Å². The van der Waals surface area contributed by atoms with E-state index in [0.717, 1.165) is 5.56 Å². The van der Waals surface area contributed by atoms with E-state index >= 15 is 0 Å². The van der Waals surface area contributed by atoms with E-state index in [-0.39, 0.29) is 4.90 Å². The summed E-state index contributed by atoms with van der Waals surface area (Å²) >= 11 is 0. The zero-order valence-electron chi connectivity index (χ0n) is 11.9. The minimum atomic E-state index is -3.89. The van der Waals surface area contributed by atoms with Crippen molar-refractivity contribution in [1.29, 1.82) is 0 Å². The van der Waals surface area contributed by atoms with Crippen molar-refractivity contribution in [2.24, 2.45) is 0 Å². The highest BCUT2D eigenvalue weighted by atomic mass is 32.2. The van der Waals surface area contributed by atoms with Crippen molar-refractivity contribution in [1.82, 2.24) is 4.72 Å². The lowest BCUT2D eigenvalue weighted by atomic mass is 10.1. The third-order valence-electron chi connectivity index (χ3n) is 2.73. The summed E-state index contributed by atoms with van der Waals surface area (Å²) in [6.07, 6.45) is 0. The lowest BCUT2D eigenvalue weighted by Crippen LogP contribution is -2.29. The van der Waals surface area contributed by atoms with Crippen LogP contribution in [0.15, 0.2) is 59.5 Å². The van der Waals surface area contributed by atoms with Crippen molar-refractivity contribution >= 4 is 15.8 Å². The van der Waals surface area contributed by atoms with E-state index in [1.807, 2.05) is 6.92 Å². The maximum atomic E-state index is 12.1. The summed E-state index contributed by atoms with van der Waals surface area (Å²) in [5.41, 5.74) is 1.22. The van der Waals surface area contributed by atoms with Crippen LogP contribution >= 0.6 is 0 Å². The molecule has 1 N–H and O–H groups in total. The Kier molecular flexibility index (Phi) is 3.90. The first-order valence-corrected chi connectivity index (χ1v) is 7.49. The second-order valence-electron chi connectivity index (χ2n) is 4.31. The van der Waals surface area contributed by atoms with Crippen molar-refractivity contribution < 1.29 is 14.6 Å². The molecule has 1 atom stereocenters. The third kappa shape index (κ3) is 3.53. The van der Waals surface area contributed by atoms with Gasteiger partial charge in [-0.05, 0) is 19.1 Å². The Morgan fingerprint density at radius 1 is 1.10 bits per heavy atom. The smallest absolute Gasteiger partial charge is 0.240 e. The number of sulfonamides is 1. The predicted octanol–water partition coefficient (Wildman–Crippen LogP) is 2.16. The standard InChI is InChI=1S/C15H15NO3S/c1-12-7-9-14(10-8-12)20(18,19)16-11-15(17)13-5-3-2-4-6-13/h2-10,16H,11H2,1H3/i11D. The van der Waals surface area contributed by atoms with Crippen LogP contribution < -0.4 is 4.72 Å². The second-order valence-corrected chi connectivity index (χ2v) is 6.02. The summed E-state index contributed by atoms with van der Waals surface area (Å²) in [7, 11) is -3.89. The number of rotatable bonds is 5. The number of ketones is 1. The Morgan fingerprint density at radius 2 is 1.70 bits per heavy atom. The molecule has 20 heavy (non-hydrogen) atoms. The molecule has 0 aliphatic carbocycles. The van der Waals surface area contributed by atoms with E-state index in [1.54, 1.807) is 42.5 Å². The van der Waals surface area contributed by atoms with Crippen LogP contribution in [0.5, 0.6) is 0 Å². The summed E-state index contributed by atoms with van der Waals surface area (Å²) in [5.74, 6) is -0.591. The zero-order valence-corrected chi connectivity index (χ0v) is 11.7. The third-order valence-corrected chi connectivity index (χ3v) is 4.06. The van der Waals surface area contributed by atoms with Gasteiger partial charge in [0.2, 0.25) is 10.0 Å². The van der Waals surface area contributed by atoms with Crippen LogP contribution in [0.3, 0.4) is 0 Å². The van der Waals surface area contributed by atoms with Crippen molar-refractivity contribution in [3.8, 4) is 0 Å². The highest BCUT2D eigenvalue weighted by Crippen LogP contribution is 2.10. The van der Waals surface area contributed by atoms with Crippen molar-refractivity contribution in [3.63, 3.8) is 0 Å². The van der Waals surface area contributed by atoms with Crippen molar-refractivity contribution in [2.45, 2.75) is 11.8 Å². The van der Waals surface area contributed by atoms with Crippen LogP contribution in [-0.4, -0.2) is 20.7 Å². The fraction of sp³-hybridized carbons (Fsp3) is 0.133. The molecule has 0 aliphatic rings. The van der Waals surface area contributed by atoms with Gasteiger partial charge in [-0.25, -0.2) is 13.1 Å². The number of Topliss-reactive ketones (excluding diaryl/α,β-unsaturated/α-hetero) is 1. The first-order valence-electron chi connectivity index (χ1n) is 6.58.